The van der Waals surface area contributed by atoms with Crippen molar-refractivity contribution in [2.24, 2.45) is 0 Å². The van der Waals surface area contributed by atoms with Crippen molar-refractivity contribution in [3.8, 4) is 10.6 Å². The van der Waals surface area contributed by atoms with Gasteiger partial charge in [0.1, 0.15) is 4.83 Å². The van der Waals surface area contributed by atoms with Crippen molar-refractivity contribution in [3.63, 3.8) is 0 Å². The number of nitrogens with zero attached hydrogens (tertiary/aromatic N) is 2. The summed E-state index contributed by atoms with van der Waals surface area (Å²) in [5, 5.41) is 7.97. The molecule has 0 saturated heterocycles. The molecule has 0 N–H and O–H groups in total. The van der Waals surface area contributed by atoms with Crippen molar-refractivity contribution in [1.82, 2.24) is 9.38 Å². The molecule has 0 aliphatic carbocycles. The van der Waals surface area contributed by atoms with Crippen LogP contribution in [0.1, 0.15) is 0 Å². The summed E-state index contributed by atoms with van der Waals surface area (Å²) in [7, 11) is 0. The van der Waals surface area contributed by atoms with Gasteiger partial charge in [0.2, 0.25) is 0 Å². The quantitative estimate of drug-likeness (QED) is 0.299. The van der Waals surface area contributed by atoms with Crippen molar-refractivity contribution in [2.75, 3.05) is 0 Å². The fraction of sp³-hybridized carbons (Fsp3) is 0. The second kappa shape index (κ2) is 5.09. The normalized spacial score (nSPS) is 12.3. The van der Waals surface area contributed by atoms with Crippen LogP contribution in [0.2, 0.25) is 0 Å². The third-order valence-electron chi connectivity index (χ3n) is 5.78. The summed E-state index contributed by atoms with van der Waals surface area (Å²) < 4.78 is 2.46. The number of thiophene rings is 1. The number of para-hydroxylation sites is 1. The Morgan fingerprint density at radius 1 is 0.714 bits per heavy atom. The van der Waals surface area contributed by atoms with Gasteiger partial charge < -0.3 is 0 Å². The third kappa shape index (κ3) is 1.70. The van der Waals surface area contributed by atoms with Crippen LogP contribution in [0.4, 0.5) is 0 Å². The number of aromatic nitrogens is 2. The van der Waals surface area contributed by atoms with Crippen molar-refractivity contribution < 1.29 is 0 Å². The van der Waals surface area contributed by atoms with Crippen molar-refractivity contribution in [3.05, 3.63) is 85.1 Å². The molecule has 4 aromatic heterocycles. The van der Waals surface area contributed by atoms with Crippen LogP contribution in [0.25, 0.3) is 58.8 Å². The van der Waals surface area contributed by atoms with Gasteiger partial charge in [-0.3, -0.25) is 9.38 Å². The molecule has 0 bridgehead atoms. The lowest BCUT2D eigenvalue weighted by atomic mass is 10.0. The van der Waals surface area contributed by atoms with Gasteiger partial charge in [0, 0.05) is 27.7 Å². The summed E-state index contributed by atoms with van der Waals surface area (Å²) >= 11 is 1.83. The van der Waals surface area contributed by atoms with E-state index in [1.165, 1.54) is 53.1 Å². The highest BCUT2D eigenvalue weighted by molar-refractivity contribution is 7.22. The van der Waals surface area contributed by atoms with Crippen LogP contribution in [0.3, 0.4) is 0 Å². The Kier molecular flexibility index (Phi) is 2.65. The van der Waals surface area contributed by atoms with Crippen LogP contribution in [0.5, 0.6) is 0 Å². The summed E-state index contributed by atoms with van der Waals surface area (Å²) in [5.74, 6) is 0. The van der Waals surface area contributed by atoms with Crippen LogP contribution in [-0.2, 0) is 0 Å². The maximum Gasteiger partial charge on any atom is 0.109 e. The third-order valence-corrected chi connectivity index (χ3v) is 6.93. The molecule has 0 saturated carbocycles. The van der Waals surface area contributed by atoms with Crippen LogP contribution >= 0.6 is 11.3 Å². The van der Waals surface area contributed by atoms with Crippen molar-refractivity contribution in [1.29, 1.82) is 0 Å². The highest BCUT2D eigenvalue weighted by atomic mass is 32.1. The second-order valence-corrected chi connectivity index (χ2v) is 8.30. The topological polar surface area (TPSA) is 17.3 Å². The van der Waals surface area contributed by atoms with Gasteiger partial charge in [0.05, 0.1) is 21.6 Å². The Labute approximate surface area is 164 Å². The number of benzene rings is 3. The lowest BCUT2D eigenvalue weighted by molar-refractivity contribution is 1.34. The fourth-order valence-corrected chi connectivity index (χ4v) is 5.80. The van der Waals surface area contributed by atoms with Crippen LogP contribution in [0, 0.1) is 0 Å². The molecule has 3 heteroatoms. The molecule has 0 amide bonds. The molecular formula is C25H14N2S. The molecule has 0 atom stereocenters. The predicted molar refractivity (Wildman–Crippen MR) is 120 cm³/mol. The van der Waals surface area contributed by atoms with Gasteiger partial charge in [-0.2, -0.15) is 0 Å². The number of rotatable bonds is 1. The minimum absolute atomic E-state index is 1.04. The maximum absolute atomic E-state index is 4.58. The van der Waals surface area contributed by atoms with Crippen LogP contribution in [0.15, 0.2) is 85.1 Å². The highest BCUT2D eigenvalue weighted by Crippen LogP contribution is 2.46. The van der Waals surface area contributed by atoms with E-state index < -0.39 is 0 Å². The van der Waals surface area contributed by atoms with Crippen LogP contribution < -0.4 is 0 Å². The fourth-order valence-electron chi connectivity index (χ4n) is 4.64. The molecule has 4 heterocycles. The molecule has 2 nitrogen and oxygen atoms in total. The largest absolute Gasteiger partial charge is 0.299 e. The number of hydrogen-bond acceptors (Lipinski definition) is 2. The van der Waals surface area contributed by atoms with E-state index in [1.54, 1.807) is 0 Å². The molecule has 0 aliphatic rings. The molecular weight excluding hydrogens is 360 g/mol. The molecule has 28 heavy (non-hydrogen) atoms. The minimum atomic E-state index is 1.04. The van der Waals surface area contributed by atoms with E-state index in [2.05, 4.69) is 82.2 Å². The molecule has 0 spiro atoms. The van der Waals surface area contributed by atoms with Gasteiger partial charge in [0.15, 0.2) is 0 Å². The zero-order chi connectivity index (χ0) is 18.2. The first-order valence-corrected chi connectivity index (χ1v) is 10.2. The van der Waals surface area contributed by atoms with Gasteiger partial charge >= 0.3 is 0 Å². The first-order chi connectivity index (χ1) is 13.9. The molecule has 130 valence electrons. The van der Waals surface area contributed by atoms with Gasteiger partial charge in [-0.05, 0) is 41.1 Å². The van der Waals surface area contributed by atoms with E-state index in [-0.39, 0.29) is 0 Å². The van der Waals surface area contributed by atoms with Gasteiger partial charge in [0.25, 0.3) is 0 Å². The monoisotopic (exact) mass is 374 g/mol. The Balaban J connectivity index is 1.79. The van der Waals surface area contributed by atoms with E-state index in [0.717, 1.165) is 5.69 Å². The smallest absolute Gasteiger partial charge is 0.109 e. The molecule has 0 aliphatic heterocycles. The lowest BCUT2D eigenvalue weighted by Gasteiger charge is -2.02. The summed E-state index contributed by atoms with van der Waals surface area (Å²) in [4.78, 5) is 7.10. The molecule has 0 radical (unpaired) electrons. The van der Waals surface area contributed by atoms with Gasteiger partial charge in [-0.25, -0.2) is 0 Å². The highest BCUT2D eigenvalue weighted by Gasteiger charge is 2.21. The van der Waals surface area contributed by atoms with Crippen molar-refractivity contribution >= 4 is 59.5 Å². The minimum Gasteiger partial charge on any atom is -0.299 e. The lowest BCUT2D eigenvalue weighted by Crippen LogP contribution is -1.79. The summed E-state index contributed by atoms with van der Waals surface area (Å²) in [5.41, 5.74) is 3.66. The first-order valence-electron chi connectivity index (χ1n) is 9.41. The van der Waals surface area contributed by atoms with Gasteiger partial charge in [-0.15, -0.1) is 11.3 Å². The van der Waals surface area contributed by atoms with E-state index in [1.807, 2.05) is 23.6 Å². The average Bonchev–Trinajstić information content (AvgIpc) is 3.40. The maximum atomic E-state index is 4.58. The number of pyridine rings is 1. The average molecular weight is 374 g/mol. The van der Waals surface area contributed by atoms with Crippen LogP contribution in [-0.4, -0.2) is 9.38 Å². The Hall–Kier alpha value is -3.43. The second-order valence-electron chi connectivity index (χ2n) is 7.27. The van der Waals surface area contributed by atoms with E-state index >= 15 is 0 Å². The standard InChI is InChI=1S/C25H14N2S/c1-2-8-16-15(7-1)13-18-17-9-3-4-11-21(17)27-24(18)23(16)19-14-22(28-25(19)27)20-10-5-6-12-26-20/h1-14H. The SMILES string of the molecule is c1ccc(-c2cc3c4c5ccccc5cc5c6ccccc6n(c3s2)c54)nc1. The molecule has 3 aromatic carbocycles. The molecule has 7 rings (SSSR count). The van der Waals surface area contributed by atoms with E-state index in [4.69, 9.17) is 0 Å². The summed E-state index contributed by atoms with van der Waals surface area (Å²) in [6, 6.07) is 28.3. The predicted octanol–water partition coefficient (Wildman–Crippen LogP) is 7.11. The Morgan fingerprint density at radius 3 is 2.43 bits per heavy atom. The van der Waals surface area contributed by atoms with E-state index in [0.29, 0.717) is 0 Å². The first kappa shape index (κ1) is 14.6. The summed E-state index contributed by atoms with van der Waals surface area (Å²) in [6.07, 6.45) is 1.87. The number of hydrogen-bond donors (Lipinski definition) is 0. The summed E-state index contributed by atoms with van der Waals surface area (Å²) in [6.45, 7) is 0. The van der Waals surface area contributed by atoms with Crippen molar-refractivity contribution in [2.45, 2.75) is 0 Å². The molecule has 0 fully saturated rings. The zero-order valence-electron chi connectivity index (χ0n) is 14.9. The molecule has 7 aromatic rings. The molecule has 0 unspecified atom stereocenters. The number of fused-ring (bicyclic) bond motifs is 8. The van der Waals surface area contributed by atoms with E-state index in [9.17, 15) is 0 Å². The Morgan fingerprint density at radius 2 is 1.54 bits per heavy atom. The zero-order valence-corrected chi connectivity index (χ0v) is 15.7. The Bertz CT molecular complexity index is 1640. The van der Waals surface area contributed by atoms with Gasteiger partial charge in [-0.1, -0.05) is 48.5 Å².